The SMILES string of the molecule is Cc1oc(C(=O)O)cc1CNCC1CCCS1. The molecule has 5 heteroatoms. The Hall–Kier alpha value is -0.940. The first-order chi connectivity index (χ1) is 8.16. The van der Waals surface area contributed by atoms with Crippen molar-refractivity contribution in [3.05, 3.63) is 23.2 Å². The Labute approximate surface area is 105 Å². The third-order valence-corrected chi connectivity index (χ3v) is 4.34. The van der Waals surface area contributed by atoms with Crippen molar-refractivity contribution in [1.82, 2.24) is 5.32 Å². The lowest BCUT2D eigenvalue weighted by Gasteiger charge is -2.09. The van der Waals surface area contributed by atoms with Crippen molar-refractivity contribution in [3.8, 4) is 0 Å². The predicted molar refractivity (Wildman–Crippen MR) is 67.6 cm³/mol. The van der Waals surface area contributed by atoms with Crippen molar-refractivity contribution in [1.29, 1.82) is 0 Å². The fourth-order valence-electron chi connectivity index (χ4n) is 1.97. The first-order valence-electron chi connectivity index (χ1n) is 5.81. The molecule has 1 unspecified atom stereocenters. The Morgan fingerprint density at radius 2 is 2.53 bits per heavy atom. The molecule has 0 aliphatic carbocycles. The van der Waals surface area contributed by atoms with Crippen LogP contribution in [0.25, 0.3) is 0 Å². The van der Waals surface area contributed by atoms with E-state index in [1.807, 2.05) is 11.8 Å². The van der Waals surface area contributed by atoms with Crippen molar-refractivity contribution in [3.63, 3.8) is 0 Å². The molecule has 0 amide bonds. The van der Waals surface area contributed by atoms with E-state index in [0.717, 1.165) is 12.1 Å². The third kappa shape index (κ3) is 3.26. The first-order valence-corrected chi connectivity index (χ1v) is 6.86. The molecule has 1 aliphatic heterocycles. The van der Waals surface area contributed by atoms with Gasteiger partial charge in [-0.3, -0.25) is 0 Å². The van der Waals surface area contributed by atoms with Gasteiger partial charge in [0.25, 0.3) is 0 Å². The van der Waals surface area contributed by atoms with E-state index in [9.17, 15) is 4.79 Å². The molecule has 1 fully saturated rings. The van der Waals surface area contributed by atoms with Crippen LogP contribution in [-0.2, 0) is 6.54 Å². The van der Waals surface area contributed by atoms with Gasteiger partial charge in [0.05, 0.1) is 0 Å². The molecule has 2 N–H and O–H groups in total. The smallest absolute Gasteiger partial charge is 0.371 e. The van der Waals surface area contributed by atoms with Crippen LogP contribution in [0.2, 0.25) is 0 Å². The van der Waals surface area contributed by atoms with Crippen molar-refractivity contribution in [2.24, 2.45) is 0 Å². The molecule has 1 atom stereocenters. The van der Waals surface area contributed by atoms with Crippen molar-refractivity contribution in [2.75, 3.05) is 12.3 Å². The van der Waals surface area contributed by atoms with Crippen molar-refractivity contribution in [2.45, 2.75) is 31.6 Å². The topological polar surface area (TPSA) is 62.5 Å². The van der Waals surface area contributed by atoms with Crippen molar-refractivity contribution >= 4 is 17.7 Å². The molecule has 0 saturated carbocycles. The number of hydrogen-bond acceptors (Lipinski definition) is 4. The maximum atomic E-state index is 10.7. The lowest BCUT2D eigenvalue weighted by molar-refractivity contribution is 0.0661. The standard InChI is InChI=1S/C12H17NO3S/c1-8-9(5-11(16-8)12(14)15)6-13-7-10-3-2-4-17-10/h5,10,13H,2-4,6-7H2,1H3,(H,14,15). The van der Waals surface area contributed by atoms with E-state index < -0.39 is 5.97 Å². The fourth-order valence-corrected chi connectivity index (χ4v) is 3.21. The number of carboxylic acids is 1. The Morgan fingerprint density at radius 3 is 3.12 bits per heavy atom. The Bertz CT molecular complexity index is 396. The van der Waals surface area contributed by atoms with Gasteiger partial charge in [-0.15, -0.1) is 0 Å². The van der Waals surface area contributed by atoms with Gasteiger partial charge in [0.15, 0.2) is 0 Å². The largest absolute Gasteiger partial charge is 0.475 e. The van der Waals surface area contributed by atoms with Gasteiger partial charge >= 0.3 is 5.97 Å². The molecule has 1 aromatic rings. The minimum absolute atomic E-state index is 0.0227. The van der Waals surface area contributed by atoms with E-state index in [0.29, 0.717) is 17.6 Å². The number of hydrogen-bond donors (Lipinski definition) is 2. The van der Waals surface area contributed by atoms with Crippen LogP contribution in [0.15, 0.2) is 10.5 Å². The maximum absolute atomic E-state index is 10.7. The number of carbonyl (C=O) groups is 1. The molecule has 1 saturated heterocycles. The molecule has 2 heterocycles. The summed E-state index contributed by atoms with van der Waals surface area (Å²) in [4.78, 5) is 10.7. The van der Waals surface area contributed by atoms with Gasteiger partial charge < -0.3 is 14.8 Å². The normalized spacial score (nSPS) is 19.7. The predicted octanol–water partition coefficient (Wildman–Crippen LogP) is 2.27. The lowest BCUT2D eigenvalue weighted by Crippen LogP contribution is -2.22. The molecule has 17 heavy (non-hydrogen) atoms. The summed E-state index contributed by atoms with van der Waals surface area (Å²) in [5.74, 6) is 0.967. The van der Waals surface area contributed by atoms with Gasteiger partial charge in [0.1, 0.15) is 5.76 Å². The Kier molecular flexibility index (Phi) is 4.12. The van der Waals surface area contributed by atoms with E-state index in [-0.39, 0.29) is 5.76 Å². The molecule has 2 rings (SSSR count). The summed E-state index contributed by atoms with van der Waals surface area (Å²) in [6, 6.07) is 1.60. The number of nitrogens with one attached hydrogen (secondary N) is 1. The molecule has 4 nitrogen and oxygen atoms in total. The minimum atomic E-state index is -1.01. The summed E-state index contributed by atoms with van der Waals surface area (Å²) in [6.07, 6.45) is 2.59. The second kappa shape index (κ2) is 5.60. The summed E-state index contributed by atoms with van der Waals surface area (Å²) < 4.78 is 5.15. The van der Waals surface area contributed by atoms with Crippen LogP contribution < -0.4 is 5.32 Å². The third-order valence-electron chi connectivity index (χ3n) is 2.94. The summed E-state index contributed by atoms with van der Waals surface area (Å²) in [5.41, 5.74) is 0.936. The summed E-state index contributed by atoms with van der Waals surface area (Å²) >= 11 is 2.01. The lowest BCUT2D eigenvalue weighted by atomic mass is 10.2. The molecule has 0 radical (unpaired) electrons. The monoisotopic (exact) mass is 255 g/mol. The molecule has 0 aromatic carbocycles. The van der Waals surface area contributed by atoms with Gasteiger partial charge in [0, 0.05) is 23.9 Å². The molecular formula is C12H17NO3S. The minimum Gasteiger partial charge on any atom is -0.475 e. The highest BCUT2D eigenvalue weighted by Gasteiger charge is 2.16. The zero-order valence-corrected chi connectivity index (χ0v) is 10.7. The highest BCUT2D eigenvalue weighted by atomic mass is 32.2. The van der Waals surface area contributed by atoms with Gasteiger partial charge in [0.2, 0.25) is 5.76 Å². The number of thioether (sulfide) groups is 1. The first kappa shape index (κ1) is 12.5. The molecule has 0 bridgehead atoms. The van der Waals surface area contributed by atoms with Crippen molar-refractivity contribution < 1.29 is 14.3 Å². The van der Waals surface area contributed by atoms with E-state index >= 15 is 0 Å². The second-order valence-corrected chi connectivity index (χ2v) is 5.67. The second-order valence-electron chi connectivity index (χ2n) is 4.26. The van der Waals surface area contributed by atoms with Crippen LogP contribution in [0, 0.1) is 6.92 Å². The quantitative estimate of drug-likeness (QED) is 0.845. The summed E-state index contributed by atoms with van der Waals surface area (Å²) in [6.45, 7) is 3.46. The van der Waals surface area contributed by atoms with Crippen LogP contribution in [0.5, 0.6) is 0 Å². The van der Waals surface area contributed by atoms with Gasteiger partial charge in [-0.05, 0) is 31.6 Å². The van der Waals surface area contributed by atoms with Crippen LogP contribution in [0.4, 0.5) is 0 Å². The van der Waals surface area contributed by atoms with Crippen LogP contribution in [-0.4, -0.2) is 28.6 Å². The van der Waals surface area contributed by atoms with Gasteiger partial charge in [-0.1, -0.05) is 0 Å². The highest BCUT2D eigenvalue weighted by molar-refractivity contribution is 8.00. The molecule has 1 aliphatic rings. The fraction of sp³-hybridized carbons (Fsp3) is 0.583. The van der Waals surface area contributed by atoms with Gasteiger partial charge in [-0.25, -0.2) is 4.79 Å². The number of aryl methyl sites for hydroxylation is 1. The highest BCUT2D eigenvalue weighted by Crippen LogP contribution is 2.25. The van der Waals surface area contributed by atoms with Crippen LogP contribution in [0.1, 0.15) is 34.7 Å². The van der Waals surface area contributed by atoms with E-state index in [1.54, 1.807) is 13.0 Å². The average Bonchev–Trinajstić information content (AvgIpc) is 2.89. The van der Waals surface area contributed by atoms with Crippen LogP contribution >= 0.6 is 11.8 Å². The molecule has 0 spiro atoms. The summed E-state index contributed by atoms with van der Waals surface area (Å²) in [7, 11) is 0. The Balaban J connectivity index is 1.83. The molecule has 94 valence electrons. The van der Waals surface area contributed by atoms with E-state index in [4.69, 9.17) is 9.52 Å². The zero-order valence-electron chi connectivity index (χ0n) is 9.86. The maximum Gasteiger partial charge on any atom is 0.371 e. The molecular weight excluding hydrogens is 238 g/mol. The number of furan rings is 1. The average molecular weight is 255 g/mol. The zero-order chi connectivity index (χ0) is 12.3. The summed E-state index contributed by atoms with van der Waals surface area (Å²) in [5, 5.41) is 12.9. The molecule has 1 aromatic heterocycles. The number of aromatic carboxylic acids is 1. The van der Waals surface area contributed by atoms with Crippen LogP contribution in [0.3, 0.4) is 0 Å². The van der Waals surface area contributed by atoms with Gasteiger partial charge in [-0.2, -0.15) is 11.8 Å². The number of rotatable bonds is 5. The Morgan fingerprint density at radius 1 is 1.71 bits per heavy atom. The van der Waals surface area contributed by atoms with E-state index in [2.05, 4.69) is 5.32 Å². The van der Waals surface area contributed by atoms with E-state index in [1.165, 1.54) is 18.6 Å². The number of carboxylic acid groups (broad SMARTS) is 1.